The lowest BCUT2D eigenvalue weighted by Crippen LogP contribution is -2.39. The molecule has 2 N–H and O–H groups in total. The summed E-state index contributed by atoms with van der Waals surface area (Å²) in [5.41, 5.74) is -0.143. The Kier molecular flexibility index (Phi) is 4.91. The Balaban J connectivity index is 2.77. The van der Waals surface area contributed by atoms with Crippen LogP contribution in [-0.2, 0) is 16.0 Å². The maximum absolute atomic E-state index is 13.3. The van der Waals surface area contributed by atoms with Crippen molar-refractivity contribution in [2.75, 3.05) is 0 Å². The van der Waals surface area contributed by atoms with E-state index in [0.717, 1.165) is 6.92 Å². The van der Waals surface area contributed by atoms with Crippen LogP contribution in [0, 0.1) is 17.5 Å². The summed E-state index contributed by atoms with van der Waals surface area (Å²) in [6, 6.07) is -0.124. The monoisotopic (exact) mass is 275 g/mol. The summed E-state index contributed by atoms with van der Waals surface area (Å²) in [5, 5.41) is 11.0. The van der Waals surface area contributed by atoms with E-state index in [0.29, 0.717) is 12.1 Å². The van der Waals surface area contributed by atoms with Gasteiger partial charge in [-0.2, -0.15) is 0 Å². The zero-order chi connectivity index (χ0) is 14.6. The predicted octanol–water partition coefficient (Wildman–Crippen LogP) is 1.63. The molecule has 19 heavy (non-hydrogen) atoms. The molecule has 4 nitrogen and oxygen atoms in total. The van der Waals surface area contributed by atoms with Gasteiger partial charge in [0.15, 0.2) is 11.6 Å². The van der Waals surface area contributed by atoms with Crippen molar-refractivity contribution in [3.05, 3.63) is 35.1 Å². The second kappa shape index (κ2) is 6.21. The maximum Gasteiger partial charge on any atom is 0.326 e. The topological polar surface area (TPSA) is 66.4 Å². The van der Waals surface area contributed by atoms with Gasteiger partial charge in [-0.05, 0) is 24.5 Å². The molecule has 0 radical (unpaired) electrons. The van der Waals surface area contributed by atoms with E-state index in [1.165, 1.54) is 0 Å². The molecule has 0 aromatic heterocycles. The van der Waals surface area contributed by atoms with Gasteiger partial charge >= 0.3 is 5.97 Å². The number of amides is 1. The molecule has 0 aliphatic rings. The Bertz CT molecular complexity index is 505. The SMILES string of the molecule is CC(=O)NC(CCc1cc(F)c(F)cc1F)C(=O)O. The molecular formula is C12H12F3NO3. The van der Waals surface area contributed by atoms with Crippen molar-refractivity contribution in [1.82, 2.24) is 5.32 Å². The Labute approximate surface area is 107 Å². The fourth-order valence-corrected chi connectivity index (χ4v) is 1.56. The van der Waals surface area contributed by atoms with E-state index in [1.807, 2.05) is 0 Å². The number of carboxylic acid groups (broad SMARTS) is 1. The number of hydrogen-bond acceptors (Lipinski definition) is 2. The number of carboxylic acids is 1. The molecule has 0 bridgehead atoms. The third-order valence-corrected chi connectivity index (χ3v) is 2.47. The molecule has 0 saturated carbocycles. The van der Waals surface area contributed by atoms with Gasteiger partial charge in [0.25, 0.3) is 0 Å². The van der Waals surface area contributed by atoms with Gasteiger partial charge in [0.1, 0.15) is 11.9 Å². The van der Waals surface area contributed by atoms with E-state index in [9.17, 15) is 22.8 Å². The van der Waals surface area contributed by atoms with Gasteiger partial charge in [-0.25, -0.2) is 18.0 Å². The van der Waals surface area contributed by atoms with Crippen LogP contribution < -0.4 is 5.32 Å². The average molecular weight is 275 g/mol. The average Bonchev–Trinajstić information content (AvgIpc) is 2.29. The molecule has 0 aliphatic heterocycles. The van der Waals surface area contributed by atoms with E-state index in [-0.39, 0.29) is 18.4 Å². The van der Waals surface area contributed by atoms with Crippen molar-refractivity contribution in [3.63, 3.8) is 0 Å². The Morgan fingerprint density at radius 3 is 2.32 bits per heavy atom. The van der Waals surface area contributed by atoms with E-state index in [4.69, 9.17) is 5.11 Å². The number of halogens is 3. The second-order valence-corrected chi connectivity index (χ2v) is 3.99. The van der Waals surface area contributed by atoms with Crippen molar-refractivity contribution in [3.8, 4) is 0 Å². The first-order valence-electron chi connectivity index (χ1n) is 5.44. The minimum atomic E-state index is -1.31. The van der Waals surface area contributed by atoms with Crippen LogP contribution in [0.5, 0.6) is 0 Å². The molecule has 0 aliphatic carbocycles. The number of nitrogens with one attached hydrogen (secondary N) is 1. The summed E-state index contributed by atoms with van der Waals surface area (Å²) in [6.07, 6.45) is -0.267. The van der Waals surface area contributed by atoms with E-state index in [2.05, 4.69) is 5.32 Å². The number of hydrogen-bond donors (Lipinski definition) is 2. The van der Waals surface area contributed by atoms with Gasteiger partial charge in [-0.3, -0.25) is 4.79 Å². The summed E-state index contributed by atoms with van der Waals surface area (Å²) in [4.78, 5) is 21.6. The summed E-state index contributed by atoms with van der Waals surface area (Å²) in [6.45, 7) is 1.15. The smallest absolute Gasteiger partial charge is 0.326 e. The summed E-state index contributed by atoms with van der Waals surface area (Å²) >= 11 is 0. The van der Waals surface area contributed by atoms with Gasteiger partial charge in [0, 0.05) is 13.0 Å². The van der Waals surface area contributed by atoms with Crippen LogP contribution in [0.25, 0.3) is 0 Å². The highest BCUT2D eigenvalue weighted by molar-refractivity contribution is 5.82. The largest absolute Gasteiger partial charge is 0.480 e. The zero-order valence-corrected chi connectivity index (χ0v) is 10.0. The molecule has 7 heteroatoms. The highest BCUT2D eigenvalue weighted by atomic mass is 19.2. The van der Waals surface area contributed by atoms with Crippen LogP contribution in [-0.4, -0.2) is 23.0 Å². The van der Waals surface area contributed by atoms with Gasteiger partial charge in [0.05, 0.1) is 0 Å². The lowest BCUT2D eigenvalue weighted by Gasteiger charge is -2.13. The minimum Gasteiger partial charge on any atom is -0.480 e. The standard InChI is InChI=1S/C12H12F3NO3/c1-6(17)16-11(12(18)19)3-2-7-4-9(14)10(15)5-8(7)13/h4-5,11H,2-3H2,1H3,(H,16,17)(H,18,19). The lowest BCUT2D eigenvalue weighted by molar-refractivity contribution is -0.141. The summed E-state index contributed by atoms with van der Waals surface area (Å²) in [5.74, 6) is -5.29. The molecule has 1 unspecified atom stereocenters. The first-order chi connectivity index (χ1) is 8.81. The fourth-order valence-electron chi connectivity index (χ4n) is 1.56. The molecule has 1 aromatic rings. The van der Waals surface area contributed by atoms with Crippen LogP contribution in [0.2, 0.25) is 0 Å². The molecule has 0 fully saturated rings. The van der Waals surface area contributed by atoms with Crippen LogP contribution >= 0.6 is 0 Å². The van der Waals surface area contributed by atoms with Gasteiger partial charge < -0.3 is 10.4 Å². The molecular weight excluding hydrogens is 263 g/mol. The van der Waals surface area contributed by atoms with E-state index < -0.39 is 35.4 Å². The number of aryl methyl sites for hydroxylation is 1. The third-order valence-electron chi connectivity index (χ3n) is 2.47. The first kappa shape index (κ1) is 15.0. The number of rotatable bonds is 5. The molecule has 1 atom stereocenters. The summed E-state index contributed by atoms with van der Waals surface area (Å²) in [7, 11) is 0. The predicted molar refractivity (Wildman–Crippen MR) is 59.9 cm³/mol. The zero-order valence-electron chi connectivity index (χ0n) is 10.0. The lowest BCUT2D eigenvalue weighted by atomic mass is 10.0. The van der Waals surface area contributed by atoms with Crippen LogP contribution in [0.15, 0.2) is 12.1 Å². The summed E-state index contributed by atoms with van der Waals surface area (Å²) < 4.78 is 38.9. The van der Waals surface area contributed by atoms with E-state index >= 15 is 0 Å². The van der Waals surface area contributed by atoms with Crippen LogP contribution in [0.4, 0.5) is 13.2 Å². The fraction of sp³-hybridized carbons (Fsp3) is 0.333. The van der Waals surface area contributed by atoms with Crippen LogP contribution in [0.3, 0.4) is 0 Å². The van der Waals surface area contributed by atoms with Crippen molar-refractivity contribution < 1.29 is 27.9 Å². The number of carbonyl (C=O) groups excluding carboxylic acids is 1. The molecule has 0 heterocycles. The Hall–Kier alpha value is -2.05. The highest BCUT2D eigenvalue weighted by Gasteiger charge is 2.19. The number of benzene rings is 1. The maximum atomic E-state index is 13.3. The van der Waals surface area contributed by atoms with Gasteiger partial charge in [-0.1, -0.05) is 0 Å². The molecule has 0 spiro atoms. The van der Waals surface area contributed by atoms with Crippen molar-refractivity contribution >= 4 is 11.9 Å². The molecule has 1 amide bonds. The van der Waals surface area contributed by atoms with E-state index in [1.54, 1.807) is 0 Å². The normalized spacial score (nSPS) is 12.0. The first-order valence-corrected chi connectivity index (χ1v) is 5.44. The molecule has 0 saturated heterocycles. The Morgan fingerprint density at radius 2 is 1.79 bits per heavy atom. The molecule has 104 valence electrons. The second-order valence-electron chi connectivity index (χ2n) is 3.99. The van der Waals surface area contributed by atoms with Crippen molar-refractivity contribution in [2.45, 2.75) is 25.8 Å². The third kappa shape index (κ3) is 4.27. The molecule has 1 rings (SSSR count). The number of aliphatic carboxylic acids is 1. The van der Waals surface area contributed by atoms with Crippen molar-refractivity contribution in [1.29, 1.82) is 0 Å². The van der Waals surface area contributed by atoms with Crippen molar-refractivity contribution in [2.24, 2.45) is 0 Å². The minimum absolute atomic E-state index is 0.128. The number of carbonyl (C=O) groups is 2. The van der Waals surface area contributed by atoms with Crippen LogP contribution in [0.1, 0.15) is 18.9 Å². The quantitative estimate of drug-likeness (QED) is 0.803. The Morgan fingerprint density at radius 1 is 1.21 bits per heavy atom. The highest BCUT2D eigenvalue weighted by Crippen LogP contribution is 2.16. The van der Waals surface area contributed by atoms with Gasteiger partial charge in [0.2, 0.25) is 5.91 Å². The van der Waals surface area contributed by atoms with Gasteiger partial charge in [-0.15, -0.1) is 0 Å². The molecule has 1 aromatic carbocycles.